The molecule has 0 saturated carbocycles. The van der Waals surface area contributed by atoms with E-state index in [1.807, 2.05) is 121 Å². The zero-order valence-corrected chi connectivity index (χ0v) is 63.0. The molecule has 1 N–H and O–H groups in total. The van der Waals surface area contributed by atoms with Crippen LogP contribution in [0.15, 0.2) is 382 Å². The van der Waals surface area contributed by atoms with Crippen LogP contribution in [0.5, 0.6) is 0 Å². The number of aromatic amines is 1. The van der Waals surface area contributed by atoms with Crippen LogP contribution in [0.4, 0.5) is 0 Å². The minimum absolute atomic E-state index is 0.0563. The van der Waals surface area contributed by atoms with Crippen LogP contribution in [0.1, 0.15) is 55.8 Å². The third-order valence-corrected chi connectivity index (χ3v) is 22.7. The summed E-state index contributed by atoms with van der Waals surface area (Å²) in [5.41, 5.74) is 15.9. The first-order valence-electron chi connectivity index (χ1n) is 38.7. The second kappa shape index (κ2) is 32.3. The maximum absolute atomic E-state index is 12.2. The van der Waals surface area contributed by atoms with Crippen LogP contribution in [-0.2, 0) is 19.3 Å². The van der Waals surface area contributed by atoms with Crippen LogP contribution in [-0.4, -0.2) is 36.5 Å². The lowest BCUT2D eigenvalue weighted by Gasteiger charge is -2.28. The molecule has 7 nitrogen and oxygen atoms in total. The number of aromatic nitrogens is 5. The molecule has 0 amide bonds. The number of nitrogens with one attached hydrogen (secondary N) is 1. The van der Waals surface area contributed by atoms with E-state index in [1.165, 1.54) is 133 Å². The molecule has 4 aliphatic carbocycles. The van der Waals surface area contributed by atoms with Gasteiger partial charge in [0.05, 0.1) is 44.1 Å². The van der Waals surface area contributed by atoms with Gasteiger partial charge in [-0.15, -0.1) is 11.3 Å². The highest BCUT2D eigenvalue weighted by molar-refractivity contribution is 7.16. The van der Waals surface area contributed by atoms with Gasteiger partial charge in [0.25, 0.3) is 0 Å². The molecule has 4 aromatic heterocycles. The molecule has 0 fully saturated rings. The number of carbonyl (C=O) groups is 2. The Hall–Kier alpha value is -13.9. The lowest BCUT2D eigenvalue weighted by atomic mass is 9.72. The van der Waals surface area contributed by atoms with Crippen LogP contribution in [0.3, 0.4) is 0 Å². The number of thiazole rings is 1. The Morgan fingerprint density at radius 2 is 0.823 bits per heavy atom. The molecule has 113 heavy (non-hydrogen) atoms. The predicted octanol–water partition coefficient (Wildman–Crippen LogP) is 27.1. The second-order valence-corrected chi connectivity index (χ2v) is 29.6. The topological polar surface area (TPSA) is 101 Å². The van der Waals surface area contributed by atoms with E-state index in [9.17, 15) is 9.59 Å². The molecule has 4 heterocycles. The highest BCUT2D eigenvalue weighted by atomic mass is 32.1. The number of hydrogen-bond donors (Lipinski definition) is 1. The van der Waals surface area contributed by atoms with Gasteiger partial charge in [0.1, 0.15) is 5.52 Å². The summed E-state index contributed by atoms with van der Waals surface area (Å²) in [6.07, 6.45) is 19.8. The maximum atomic E-state index is 12.2. The Morgan fingerprint density at radius 3 is 1.44 bits per heavy atom. The Bertz CT molecular complexity index is 6770. The van der Waals surface area contributed by atoms with Crippen molar-refractivity contribution >= 4 is 169 Å². The predicted molar refractivity (Wildman–Crippen MR) is 477 cm³/mol. The standard InChI is InChI=1S/C20H16.C18H12.C14H9N3.C14H10O2.C14H10.C9H7N.C9H8.C7H5NS/c1-2-7-17-15(4-1)12-16-9-8-13-5-3-6-14-10-11-18(17)20(16)19(13)14;1-2-8-14-13(7-1)15-9-3-4-11-17(15)18-12-6-5-10-16(14)18;1-2-6-10-9(5-1)13-14(16-10)17-12-8-4-3-7-11(12)15-13;15-13-9-5-1-2-6-10(9)14(16)12-8-4-3-7-11(12)13;1-3-7-13-11(5-1)9-10-12-6-2-4-8-14(12)13;1-2-6-9-8(4-1)5-3-7-10-9;1-2-5-9-7-3-6-8(9)4-1;1-2-4-7-6(3-1)8-5-9-7/h3,5-6,8-12H,1-2,4,7H2;1-12H;1-8H,(H,16,17);1-10H;1-10H;1-7H;1-6H,7H2;1-5H. The molecule has 540 valence electrons. The minimum atomic E-state index is -0.299. The lowest BCUT2D eigenvalue weighted by molar-refractivity contribution is 0.0801. The van der Waals surface area contributed by atoms with E-state index in [0.717, 1.165) is 50.6 Å². The number of pyridine rings is 1. The zero-order chi connectivity index (χ0) is 75.8. The van der Waals surface area contributed by atoms with E-state index in [1.54, 1.807) is 46.7 Å². The molecule has 0 radical (unpaired) electrons. The summed E-state index contributed by atoms with van der Waals surface area (Å²) in [4.78, 5) is 45.2. The summed E-state index contributed by atoms with van der Waals surface area (Å²) in [5.74, 6) is -0.485. The molecule has 17 aromatic carbocycles. The van der Waals surface area contributed by atoms with Crippen LogP contribution in [0.25, 0.3) is 146 Å². The number of hydrogen-bond acceptors (Lipinski definition) is 7. The van der Waals surface area contributed by atoms with Gasteiger partial charge in [-0.25, -0.2) is 15.0 Å². The average Bonchev–Trinajstić information content (AvgIpc) is 1.50. The molecule has 0 spiro atoms. The highest BCUT2D eigenvalue weighted by Crippen LogP contribution is 2.41. The summed E-state index contributed by atoms with van der Waals surface area (Å²) in [6, 6.07) is 118. The Labute approximate surface area is 658 Å². The Kier molecular flexibility index (Phi) is 20.2. The molecule has 2 atom stereocenters. The first-order valence-corrected chi connectivity index (χ1v) is 39.6. The number of allylic oxidation sites excluding steroid dienone is 5. The molecule has 4 aliphatic rings. The number of fused-ring (bicyclic) bond motifs is 20. The molecule has 0 bridgehead atoms. The number of benzene rings is 17. The second-order valence-electron chi connectivity index (χ2n) is 28.7. The lowest BCUT2D eigenvalue weighted by Crippen LogP contribution is -2.35. The van der Waals surface area contributed by atoms with Crippen molar-refractivity contribution in [3.05, 3.63) is 415 Å². The maximum Gasteiger partial charge on any atom is 0.171 e. The number of H-pyrrole nitrogens is 1. The van der Waals surface area contributed by atoms with Gasteiger partial charge in [-0.2, -0.15) is 0 Å². The summed E-state index contributed by atoms with van der Waals surface area (Å²) < 4.78 is 1.26. The molecule has 0 aliphatic heterocycles. The number of ketones is 2. The molecule has 21 aromatic rings. The van der Waals surface area contributed by atoms with Crippen LogP contribution in [0.2, 0.25) is 0 Å². The summed E-state index contributed by atoms with van der Waals surface area (Å²) in [5, 5.41) is 24.3. The van der Waals surface area contributed by atoms with Crippen LogP contribution >= 0.6 is 11.3 Å². The van der Waals surface area contributed by atoms with Gasteiger partial charge in [-0.05, 0) is 183 Å². The van der Waals surface area contributed by atoms with E-state index in [0.29, 0.717) is 11.1 Å². The average molecular weight is 1470 g/mol. The van der Waals surface area contributed by atoms with E-state index in [4.69, 9.17) is 0 Å². The third-order valence-electron chi connectivity index (χ3n) is 21.9. The van der Waals surface area contributed by atoms with Gasteiger partial charge in [0, 0.05) is 33.6 Å². The quantitative estimate of drug-likeness (QED) is 0.152. The van der Waals surface area contributed by atoms with Gasteiger partial charge in [0.15, 0.2) is 17.2 Å². The van der Waals surface area contributed by atoms with E-state index in [2.05, 4.69) is 268 Å². The van der Waals surface area contributed by atoms with Crippen molar-refractivity contribution in [2.24, 2.45) is 11.8 Å². The number of Topliss-reactive ketones (excluding diaryl/α,β-unsaturated/α-hetero) is 2. The number of para-hydroxylation sites is 5. The smallest absolute Gasteiger partial charge is 0.171 e. The van der Waals surface area contributed by atoms with Crippen molar-refractivity contribution in [2.75, 3.05) is 0 Å². The van der Waals surface area contributed by atoms with Gasteiger partial charge in [0.2, 0.25) is 0 Å². The fraction of sp³-hybridized carbons (Fsp3) is 0.0667. The number of rotatable bonds is 0. The normalized spacial score (nSPS) is 14.1. The van der Waals surface area contributed by atoms with Gasteiger partial charge in [-0.3, -0.25) is 14.6 Å². The molecule has 25 rings (SSSR count). The summed E-state index contributed by atoms with van der Waals surface area (Å²) in [6.45, 7) is 0. The van der Waals surface area contributed by atoms with E-state index < -0.39 is 0 Å². The first-order chi connectivity index (χ1) is 55.9. The van der Waals surface area contributed by atoms with Crippen molar-refractivity contribution in [1.82, 2.24) is 24.9 Å². The third kappa shape index (κ3) is 14.6. The molecule has 8 heteroatoms. The van der Waals surface area contributed by atoms with Crippen molar-refractivity contribution in [3.63, 3.8) is 0 Å². The van der Waals surface area contributed by atoms with E-state index in [-0.39, 0.29) is 23.4 Å². The minimum Gasteiger partial charge on any atom is -0.338 e. The molecular weight excluding hydrogens is 1400 g/mol. The van der Waals surface area contributed by atoms with Gasteiger partial charge >= 0.3 is 0 Å². The number of carbonyl (C=O) groups excluding carboxylic acids is 2. The molecular formula is C105H77N5O2S. The fourth-order valence-corrected chi connectivity index (χ4v) is 17.2. The Morgan fingerprint density at radius 1 is 0.345 bits per heavy atom. The van der Waals surface area contributed by atoms with Crippen LogP contribution in [0, 0.1) is 11.8 Å². The fourth-order valence-electron chi connectivity index (χ4n) is 16.5. The van der Waals surface area contributed by atoms with Crippen molar-refractivity contribution in [1.29, 1.82) is 0 Å². The summed E-state index contributed by atoms with van der Waals surface area (Å²) >= 11 is 1.68. The van der Waals surface area contributed by atoms with Crippen molar-refractivity contribution in [2.45, 2.75) is 32.1 Å². The zero-order valence-electron chi connectivity index (χ0n) is 62.2. The van der Waals surface area contributed by atoms with Gasteiger partial charge < -0.3 is 4.98 Å². The van der Waals surface area contributed by atoms with Crippen LogP contribution < -0.4 is 0 Å². The molecule has 2 unspecified atom stereocenters. The van der Waals surface area contributed by atoms with E-state index >= 15 is 0 Å². The largest absolute Gasteiger partial charge is 0.338 e. The highest BCUT2D eigenvalue weighted by Gasteiger charge is 2.39. The number of nitrogens with zero attached hydrogens (tertiary/aromatic N) is 4. The monoisotopic (exact) mass is 1470 g/mol. The molecule has 0 saturated heterocycles. The number of aryl methyl sites for hydroxylation is 2. The van der Waals surface area contributed by atoms with Crippen molar-refractivity contribution < 1.29 is 9.59 Å². The first kappa shape index (κ1) is 70.7. The van der Waals surface area contributed by atoms with Crippen molar-refractivity contribution in [3.8, 4) is 0 Å². The summed E-state index contributed by atoms with van der Waals surface area (Å²) in [7, 11) is 0. The van der Waals surface area contributed by atoms with Gasteiger partial charge in [-0.1, -0.05) is 334 Å². The SMILES string of the molecule is C1=Cc2ccccc2C1.O=C1c2ccccc2C(=O)C2C=CC=CC12.c1cc2ccc3cc4c(c5ccc(c1)c2c35)CCCC4.c1ccc2c(c1)c1ccccc1c1ccccc21.c1ccc2c(c1)ccc1ccccc12.c1ccc2nc3c(nc2c1)[nH]c1ccccc13.c1ccc2ncccc2c1.c1ccc2scnc2c1. The Balaban J connectivity index is 0.0000000913.